The number of likely N-dealkylation sites (N-methyl/N-ethyl adjacent to an activating group) is 1. The first-order chi connectivity index (χ1) is 11.5. The Bertz CT molecular complexity index is 647. The van der Waals surface area contributed by atoms with Gasteiger partial charge in [-0.2, -0.15) is 0 Å². The highest BCUT2D eigenvalue weighted by Gasteiger charge is 2.28. The van der Waals surface area contributed by atoms with E-state index in [9.17, 15) is 9.59 Å². The molecule has 1 aliphatic carbocycles. The lowest BCUT2D eigenvalue weighted by Gasteiger charge is -2.28. The van der Waals surface area contributed by atoms with E-state index in [1.807, 2.05) is 24.7 Å². The summed E-state index contributed by atoms with van der Waals surface area (Å²) in [6.07, 6.45) is 3.99. The van der Waals surface area contributed by atoms with E-state index in [0.717, 1.165) is 44.3 Å². The van der Waals surface area contributed by atoms with Gasteiger partial charge in [0, 0.05) is 37.5 Å². The van der Waals surface area contributed by atoms with Crippen molar-refractivity contribution in [3.8, 4) is 0 Å². The van der Waals surface area contributed by atoms with Crippen molar-refractivity contribution in [2.75, 3.05) is 27.2 Å². The van der Waals surface area contributed by atoms with Crippen molar-refractivity contribution < 1.29 is 9.53 Å². The maximum atomic E-state index is 12.2. The summed E-state index contributed by atoms with van der Waals surface area (Å²) in [5.41, 5.74) is 2.38. The molecule has 0 radical (unpaired) electrons. The van der Waals surface area contributed by atoms with Gasteiger partial charge in [-0.15, -0.1) is 0 Å². The zero-order chi connectivity index (χ0) is 17.1. The van der Waals surface area contributed by atoms with Crippen molar-refractivity contribution in [3.63, 3.8) is 0 Å². The summed E-state index contributed by atoms with van der Waals surface area (Å²) < 4.78 is 7.35. The van der Waals surface area contributed by atoms with Crippen molar-refractivity contribution in [2.45, 2.75) is 50.8 Å². The van der Waals surface area contributed by atoms with E-state index >= 15 is 0 Å². The van der Waals surface area contributed by atoms with Crippen molar-refractivity contribution in [1.82, 2.24) is 14.8 Å². The molecule has 2 heterocycles. The van der Waals surface area contributed by atoms with Crippen LogP contribution in [0.15, 0.2) is 16.9 Å². The smallest absolute Gasteiger partial charge is 0.250 e. The average molecular weight is 333 g/mol. The van der Waals surface area contributed by atoms with Crippen LogP contribution in [0.5, 0.6) is 0 Å². The first kappa shape index (κ1) is 17.2. The second kappa shape index (κ2) is 7.49. The molecule has 2 atom stereocenters. The van der Waals surface area contributed by atoms with Crippen LogP contribution < -0.4 is 10.9 Å². The van der Waals surface area contributed by atoms with Crippen molar-refractivity contribution in [2.24, 2.45) is 0 Å². The van der Waals surface area contributed by atoms with Crippen LogP contribution in [0.25, 0.3) is 0 Å². The maximum Gasteiger partial charge on any atom is 0.250 e. The number of hydrogen-bond donors (Lipinski definition) is 1. The molecule has 0 spiro atoms. The van der Waals surface area contributed by atoms with Crippen LogP contribution in [0, 0.1) is 0 Å². The van der Waals surface area contributed by atoms with Gasteiger partial charge in [0.25, 0.3) is 5.56 Å². The molecule has 0 aromatic carbocycles. The third kappa shape index (κ3) is 3.87. The molecule has 0 unspecified atom stereocenters. The highest BCUT2D eigenvalue weighted by atomic mass is 16.5. The van der Waals surface area contributed by atoms with Gasteiger partial charge < -0.3 is 19.5 Å². The fourth-order valence-corrected chi connectivity index (χ4v) is 3.57. The number of carbonyl (C=O) groups is 1. The van der Waals surface area contributed by atoms with Gasteiger partial charge in [0.15, 0.2) is 0 Å². The minimum absolute atomic E-state index is 0.0156. The van der Waals surface area contributed by atoms with Crippen LogP contribution in [-0.4, -0.2) is 54.8 Å². The standard InChI is InChI=1S/C18H27N3O3/c1-20(2)9-10-21-15-7-6-14(12-13(15)5-8-17(21)22)19-18(23)16-4-3-11-24-16/h5,8,14,16H,3-4,6-7,9-12H2,1-2H3,(H,19,23)/t14-,16+/m1/s1. The van der Waals surface area contributed by atoms with Gasteiger partial charge in [-0.3, -0.25) is 9.59 Å². The molecule has 0 bridgehead atoms. The Morgan fingerprint density at radius 1 is 1.38 bits per heavy atom. The van der Waals surface area contributed by atoms with Gasteiger partial charge in [-0.05, 0) is 51.8 Å². The highest BCUT2D eigenvalue weighted by Crippen LogP contribution is 2.21. The average Bonchev–Trinajstić information content (AvgIpc) is 3.08. The van der Waals surface area contributed by atoms with Crippen molar-refractivity contribution in [3.05, 3.63) is 33.7 Å². The molecule has 1 fully saturated rings. The zero-order valence-corrected chi connectivity index (χ0v) is 14.6. The maximum absolute atomic E-state index is 12.2. The van der Waals surface area contributed by atoms with Gasteiger partial charge in [0.1, 0.15) is 6.10 Å². The van der Waals surface area contributed by atoms with E-state index < -0.39 is 0 Å². The topological polar surface area (TPSA) is 63.6 Å². The van der Waals surface area contributed by atoms with Crippen LogP contribution in [-0.2, 0) is 28.9 Å². The summed E-state index contributed by atoms with van der Waals surface area (Å²) in [5, 5.41) is 3.13. The van der Waals surface area contributed by atoms with Crippen LogP contribution >= 0.6 is 0 Å². The summed E-state index contributed by atoms with van der Waals surface area (Å²) in [5.74, 6) is 0.0156. The van der Waals surface area contributed by atoms with E-state index in [1.165, 1.54) is 5.56 Å². The molecule has 132 valence electrons. The van der Waals surface area contributed by atoms with Crippen molar-refractivity contribution >= 4 is 5.91 Å². The summed E-state index contributed by atoms with van der Waals surface area (Å²) in [6, 6.07) is 3.71. The third-order valence-electron chi connectivity index (χ3n) is 4.92. The Morgan fingerprint density at radius 2 is 2.21 bits per heavy atom. The molecule has 1 amide bonds. The number of carbonyl (C=O) groups excluding carboxylic acids is 1. The number of rotatable bonds is 5. The molecule has 1 aliphatic heterocycles. The van der Waals surface area contributed by atoms with Crippen LogP contribution in [0.1, 0.15) is 30.5 Å². The molecule has 1 saturated heterocycles. The highest BCUT2D eigenvalue weighted by molar-refractivity contribution is 5.81. The Hall–Kier alpha value is -1.66. The monoisotopic (exact) mass is 333 g/mol. The van der Waals surface area contributed by atoms with Crippen LogP contribution in [0.3, 0.4) is 0 Å². The van der Waals surface area contributed by atoms with Gasteiger partial charge in [-0.25, -0.2) is 0 Å². The second-order valence-corrected chi connectivity index (χ2v) is 7.05. The lowest BCUT2D eigenvalue weighted by molar-refractivity contribution is -0.130. The molecule has 1 aromatic heterocycles. The van der Waals surface area contributed by atoms with Crippen LogP contribution in [0.4, 0.5) is 0 Å². The number of nitrogens with zero attached hydrogens (tertiary/aromatic N) is 2. The first-order valence-corrected chi connectivity index (χ1v) is 8.83. The van der Waals surface area contributed by atoms with E-state index in [1.54, 1.807) is 6.07 Å². The number of amides is 1. The van der Waals surface area contributed by atoms with Gasteiger partial charge in [-0.1, -0.05) is 6.07 Å². The Labute approximate surface area is 142 Å². The van der Waals surface area contributed by atoms with Gasteiger partial charge in [0.05, 0.1) is 0 Å². The summed E-state index contributed by atoms with van der Waals surface area (Å²) in [4.78, 5) is 26.5. The number of aromatic nitrogens is 1. The van der Waals surface area contributed by atoms with Gasteiger partial charge in [0.2, 0.25) is 5.91 Å². The third-order valence-corrected chi connectivity index (χ3v) is 4.92. The molecule has 1 aromatic rings. The molecule has 3 rings (SSSR count). The van der Waals surface area contributed by atoms with Gasteiger partial charge >= 0.3 is 0 Å². The molecule has 6 heteroatoms. The Morgan fingerprint density at radius 3 is 2.92 bits per heavy atom. The number of hydrogen-bond acceptors (Lipinski definition) is 4. The van der Waals surface area contributed by atoms with E-state index in [4.69, 9.17) is 4.74 Å². The number of ether oxygens (including phenoxy) is 1. The SMILES string of the molecule is CN(C)CCn1c2c(ccc1=O)C[C@H](NC(=O)[C@@H]1CCCO1)CC2. The second-order valence-electron chi connectivity index (χ2n) is 7.05. The van der Waals surface area contributed by atoms with E-state index in [0.29, 0.717) is 13.2 Å². The Balaban J connectivity index is 1.68. The molecule has 2 aliphatic rings. The molecule has 6 nitrogen and oxygen atoms in total. The molecular formula is C18H27N3O3. The Kier molecular flexibility index (Phi) is 5.36. The van der Waals surface area contributed by atoms with E-state index in [-0.39, 0.29) is 23.6 Å². The fraction of sp³-hybridized carbons (Fsp3) is 0.667. The lowest BCUT2D eigenvalue weighted by Crippen LogP contribution is -2.44. The predicted molar refractivity (Wildman–Crippen MR) is 92.2 cm³/mol. The van der Waals surface area contributed by atoms with Crippen LogP contribution in [0.2, 0.25) is 0 Å². The number of nitrogens with one attached hydrogen (secondary N) is 1. The summed E-state index contributed by atoms with van der Waals surface area (Å²) >= 11 is 0. The summed E-state index contributed by atoms with van der Waals surface area (Å²) in [7, 11) is 4.02. The predicted octanol–water partition coefficient (Wildman–Crippen LogP) is 0.562. The number of pyridine rings is 1. The minimum atomic E-state index is -0.277. The molecule has 0 saturated carbocycles. The quantitative estimate of drug-likeness (QED) is 0.855. The lowest BCUT2D eigenvalue weighted by atomic mass is 9.91. The number of fused-ring (bicyclic) bond motifs is 1. The molecule has 24 heavy (non-hydrogen) atoms. The normalized spacial score (nSPS) is 23.3. The molecule has 1 N–H and O–H groups in total. The fourth-order valence-electron chi connectivity index (χ4n) is 3.57. The van der Waals surface area contributed by atoms with E-state index in [2.05, 4.69) is 10.2 Å². The minimum Gasteiger partial charge on any atom is -0.368 e. The largest absolute Gasteiger partial charge is 0.368 e. The van der Waals surface area contributed by atoms with Crippen molar-refractivity contribution in [1.29, 1.82) is 0 Å². The first-order valence-electron chi connectivity index (χ1n) is 8.83. The zero-order valence-electron chi connectivity index (χ0n) is 14.6. The molecular weight excluding hydrogens is 306 g/mol. The summed E-state index contributed by atoms with van der Waals surface area (Å²) in [6.45, 7) is 2.24.